The third kappa shape index (κ3) is 4.04. The molecule has 0 radical (unpaired) electrons. The fraction of sp³-hybridized carbons (Fsp3) is 1.00. The van der Waals surface area contributed by atoms with Crippen LogP contribution in [0.25, 0.3) is 0 Å². The molecule has 0 spiro atoms. The van der Waals surface area contributed by atoms with Crippen LogP contribution in [0.5, 0.6) is 0 Å². The summed E-state index contributed by atoms with van der Waals surface area (Å²) >= 11 is 0.652. The van der Waals surface area contributed by atoms with E-state index in [-0.39, 0.29) is 0 Å². The van der Waals surface area contributed by atoms with Crippen molar-refractivity contribution < 1.29 is 23.2 Å². The fourth-order valence-electron chi connectivity index (χ4n) is 0.407. The Morgan fingerprint density at radius 2 is 1.40 bits per heavy atom. The summed E-state index contributed by atoms with van der Waals surface area (Å²) in [7, 11) is 0. The summed E-state index contributed by atoms with van der Waals surface area (Å²) in [5, 5.41) is 0. The Bertz CT molecular complexity index is 46.8. The molecule has 1 aliphatic heterocycles. The molecule has 0 N–H and O–H groups in total. The number of hydrogen-bond acceptors (Lipinski definition) is 6. The molecule has 1 rings (SSSR count). The zero-order valence-corrected chi connectivity index (χ0v) is 6.09. The molecule has 5 nitrogen and oxygen atoms in total. The predicted molar refractivity (Wildman–Crippen MR) is 32.5 cm³/mol. The largest absolute Gasteiger partial charge is 0.376 e. The minimum absolute atomic E-state index is 0.399. The Labute approximate surface area is 62.8 Å². The van der Waals surface area contributed by atoms with Crippen molar-refractivity contribution in [2.45, 2.75) is 0 Å². The van der Waals surface area contributed by atoms with Crippen LogP contribution in [0, 0.1) is 0 Å². The van der Waals surface area contributed by atoms with E-state index >= 15 is 0 Å². The van der Waals surface area contributed by atoms with Crippen LogP contribution in [0.2, 0.25) is 0 Å². The molecule has 0 aromatic heterocycles. The quantitative estimate of drug-likeness (QED) is 0.387. The smallest absolute Gasteiger partial charge is 0.228 e. The lowest BCUT2D eigenvalue weighted by atomic mass is 10.7. The first kappa shape index (κ1) is 8.25. The Kier molecular flexibility index (Phi) is 4.87. The Morgan fingerprint density at radius 3 is 2.00 bits per heavy atom. The molecule has 0 aromatic carbocycles. The van der Waals surface area contributed by atoms with Gasteiger partial charge in [0.15, 0.2) is 0 Å². The monoisotopic (exact) mass is 168 g/mol. The van der Waals surface area contributed by atoms with Gasteiger partial charge in [-0.15, -0.1) is 8.67 Å². The first-order valence-electron chi connectivity index (χ1n) is 2.82. The fourth-order valence-corrected chi connectivity index (χ4v) is 0.644. The summed E-state index contributed by atoms with van der Waals surface area (Å²) in [6.07, 6.45) is 0. The van der Waals surface area contributed by atoms with E-state index in [2.05, 4.69) is 18.4 Å². The highest BCUT2D eigenvalue weighted by Crippen LogP contribution is 2.05. The zero-order valence-electron chi connectivity index (χ0n) is 5.28. The molecule has 6 heteroatoms. The average molecular weight is 168 g/mol. The van der Waals surface area contributed by atoms with Gasteiger partial charge in [0.1, 0.15) is 13.2 Å². The van der Waals surface area contributed by atoms with Gasteiger partial charge in [-0.1, -0.05) is 0 Å². The van der Waals surface area contributed by atoms with E-state index in [1.54, 1.807) is 0 Å². The molecule has 0 aliphatic carbocycles. The van der Waals surface area contributed by atoms with Crippen LogP contribution < -0.4 is 0 Å². The van der Waals surface area contributed by atoms with Crippen LogP contribution in [0.1, 0.15) is 0 Å². The number of hydrogen-bond donors (Lipinski definition) is 0. The average Bonchev–Trinajstić information content (AvgIpc) is 2.01. The molecule has 1 saturated heterocycles. The first-order valence-corrected chi connectivity index (χ1v) is 3.49. The van der Waals surface area contributed by atoms with Crippen LogP contribution in [-0.2, 0) is 23.2 Å². The third-order valence-electron chi connectivity index (χ3n) is 0.774. The van der Waals surface area contributed by atoms with Gasteiger partial charge in [-0.25, -0.2) is 9.78 Å². The van der Waals surface area contributed by atoms with Crippen molar-refractivity contribution in [3.63, 3.8) is 0 Å². The van der Waals surface area contributed by atoms with Gasteiger partial charge in [-0.3, -0.25) is 0 Å². The van der Waals surface area contributed by atoms with Gasteiger partial charge < -0.3 is 4.74 Å². The van der Waals surface area contributed by atoms with E-state index in [1.807, 2.05) is 0 Å². The summed E-state index contributed by atoms with van der Waals surface area (Å²) in [5.74, 6) is 0. The van der Waals surface area contributed by atoms with Crippen molar-refractivity contribution in [3.8, 4) is 0 Å². The minimum atomic E-state index is 0.399. The van der Waals surface area contributed by atoms with Crippen molar-refractivity contribution in [2.75, 3.05) is 26.4 Å². The number of ether oxygens (including phenoxy) is 1. The third-order valence-corrected chi connectivity index (χ3v) is 1.08. The normalized spacial score (nSPS) is 24.0. The highest BCUT2D eigenvalue weighted by molar-refractivity contribution is 7.89. The van der Waals surface area contributed by atoms with Crippen LogP contribution in [0.4, 0.5) is 0 Å². The van der Waals surface area contributed by atoms with Gasteiger partial charge in [-0.05, 0) is 0 Å². The lowest BCUT2D eigenvalue weighted by Gasteiger charge is -2.06. The summed E-state index contributed by atoms with van der Waals surface area (Å²) in [4.78, 5) is 9.09. The SMILES string of the molecule is C1COOSOOCCO1. The van der Waals surface area contributed by atoms with E-state index < -0.39 is 0 Å². The van der Waals surface area contributed by atoms with Gasteiger partial charge >= 0.3 is 0 Å². The van der Waals surface area contributed by atoms with Crippen molar-refractivity contribution >= 4 is 12.3 Å². The number of rotatable bonds is 0. The van der Waals surface area contributed by atoms with Crippen LogP contribution in [0.3, 0.4) is 0 Å². The van der Waals surface area contributed by atoms with Crippen LogP contribution in [0.15, 0.2) is 0 Å². The second-order valence-corrected chi connectivity index (χ2v) is 1.87. The van der Waals surface area contributed by atoms with Crippen molar-refractivity contribution in [1.29, 1.82) is 0 Å². The summed E-state index contributed by atoms with van der Waals surface area (Å²) in [6.45, 7) is 1.81. The molecular weight excluding hydrogens is 160 g/mol. The molecule has 0 atom stereocenters. The highest BCUT2D eigenvalue weighted by Gasteiger charge is 1.97. The van der Waals surface area contributed by atoms with E-state index in [0.717, 1.165) is 0 Å². The minimum Gasteiger partial charge on any atom is -0.376 e. The predicted octanol–water partition coefficient (Wildman–Crippen LogP) is 0.476. The maximum absolute atomic E-state index is 4.99. The van der Waals surface area contributed by atoms with Crippen molar-refractivity contribution in [2.24, 2.45) is 0 Å². The molecule has 0 amide bonds. The molecule has 0 aromatic rings. The summed E-state index contributed by atoms with van der Waals surface area (Å²) in [6, 6.07) is 0. The molecule has 0 saturated carbocycles. The second kappa shape index (κ2) is 5.90. The maximum Gasteiger partial charge on any atom is 0.228 e. The van der Waals surface area contributed by atoms with E-state index in [4.69, 9.17) is 4.74 Å². The summed E-state index contributed by atoms with van der Waals surface area (Å²) < 4.78 is 13.8. The van der Waals surface area contributed by atoms with Gasteiger partial charge in [0.05, 0.1) is 13.2 Å². The first-order chi connectivity index (χ1) is 5.00. The topological polar surface area (TPSA) is 46.2 Å². The molecule has 1 heterocycles. The summed E-state index contributed by atoms with van der Waals surface area (Å²) in [5.41, 5.74) is 0. The molecular formula is C4H8O5S. The lowest BCUT2D eigenvalue weighted by Crippen LogP contribution is -2.10. The molecule has 1 aliphatic rings. The van der Waals surface area contributed by atoms with E-state index in [0.29, 0.717) is 38.8 Å². The molecule has 10 heavy (non-hydrogen) atoms. The Hall–Kier alpha value is 0.150. The van der Waals surface area contributed by atoms with Gasteiger partial charge in [0.25, 0.3) is 0 Å². The second-order valence-electron chi connectivity index (χ2n) is 1.46. The molecule has 0 unspecified atom stereocenters. The zero-order chi connectivity index (χ0) is 7.07. The Morgan fingerprint density at radius 1 is 0.800 bits per heavy atom. The standard InChI is InChI=1S/C4H8O5S/c1-3-6-8-10-9-7-4-2-5-1/h1-4H2. The molecule has 0 bridgehead atoms. The van der Waals surface area contributed by atoms with E-state index in [9.17, 15) is 0 Å². The van der Waals surface area contributed by atoms with Crippen molar-refractivity contribution in [3.05, 3.63) is 0 Å². The maximum atomic E-state index is 4.99. The molecule has 1 fully saturated rings. The van der Waals surface area contributed by atoms with Gasteiger partial charge in [0.2, 0.25) is 12.3 Å². The lowest BCUT2D eigenvalue weighted by molar-refractivity contribution is -0.258. The van der Waals surface area contributed by atoms with Crippen LogP contribution in [-0.4, -0.2) is 26.4 Å². The van der Waals surface area contributed by atoms with Gasteiger partial charge in [0, 0.05) is 0 Å². The Balaban J connectivity index is 2.00. The van der Waals surface area contributed by atoms with Crippen LogP contribution >= 0.6 is 12.3 Å². The molecule has 60 valence electrons. The van der Waals surface area contributed by atoms with Crippen molar-refractivity contribution in [1.82, 2.24) is 0 Å². The highest BCUT2D eigenvalue weighted by atomic mass is 32.2. The van der Waals surface area contributed by atoms with Gasteiger partial charge in [-0.2, -0.15) is 0 Å². The van der Waals surface area contributed by atoms with E-state index in [1.165, 1.54) is 0 Å².